The lowest BCUT2D eigenvalue weighted by Crippen LogP contribution is -2.34. The molecule has 0 spiro atoms. The number of esters is 3. The van der Waals surface area contributed by atoms with E-state index in [1.807, 2.05) is 12.1 Å². The van der Waals surface area contributed by atoms with Crippen molar-refractivity contribution in [2.24, 2.45) is 11.3 Å². The minimum atomic E-state index is -1.28. The number of rotatable bonds is 8. The molecule has 1 aliphatic carbocycles. The van der Waals surface area contributed by atoms with E-state index in [1.54, 1.807) is 33.9 Å². The van der Waals surface area contributed by atoms with Gasteiger partial charge in [-0.2, -0.15) is 0 Å². The van der Waals surface area contributed by atoms with Crippen LogP contribution in [0.1, 0.15) is 50.7 Å². The minimum absolute atomic E-state index is 0.263. The van der Waals surface area contributed by atoms with Crippen LogP contribution in [0, 0.1) is 11.3 Å². The Bertz CT molecular complexity index is 1530. The molecule has 0 saturated heterocycles. The molecule has 3 aromatic carbocycles. The summed E-state index contributed by atoms with van der Waals surface area (Å²) in [5, 5.41) is 2.20. The van der Waals surface area contributed by atoms with E-state index in [0.29, 0.717) is 74.9 Å². The quantitative estimate of drug-likeness (QED) is 0.149. The Morgan fingerprint density at radius 3 is 1.88 bits per heavy atom. The summed E-state index contributed by atoms with van der Waals surface area (Å²) in [4.78, 5) is 39.6. The van der Waals surface area contributed by atoms with E-state index >= 15 is 0 Å². The lowest BCUT2D eigenvalue weighted by atomic mass is 9.73. The molecular formula is C32H38O10. The van der Waals surface area contributed by atoms with Crippen LogP contribution in [0.5, 0.6) is 28.7 Å². The van der Waals surface area contributed by atoms with E-state index in [0.717, 1.165) is 0 Å². The maximum Gasteiger partial charge on any atom is 0.320 e. The predicted molar refractivity (Wildman–Crippen MR) is 156 cm³/mol. The van der Waals surface area contributed by atoms with Crippen LogP contribution < -0.4 is 23.7 Å². The molecule has 4 rings (SSSR count). The summed E-state index contributed by atoms with van der Waals surface area (Å²) in [6, 6.07) is 5.50. The van der Waals surface area contributed by atoms with Crippen LogP contribution in [0.4, 0.5) is 0 Å². The predicted octanol–water partition coefficient (Wildman–Crippen LogP) is 5.36. The molecule has 1 aliphatic rings. The van der Waals surface area contributed by atoms with Gasteiger partial charge in [-0.15, -0.1) is 0 Å². The van der Waals surface area contributed by atoms with Crippen LogP contribution >= 0.6 is 0 Å². The Hall–Kier alpha value is -4.21. The third-order valence-corrected chi connectivity index (χ3v) is 7.76. The van der Waals surface area contributed by atoms with E-state index in [2.05, 4.69) is 0 Å². The molecule has 0 aliphatic heterocycles. The van der Waals surface area contributed by atoms with Gasteiger partial charge in [0.2, 0.25) is 0 Å². The summed E-state index contributed by atoms with van der Waals surface area (Å²) in [5.41, 5.74) is 0.336. The second-order valence-corrected chi connectivity index (χ2v) is 11.1. The third kappa shape index (κ3) is 4.92. The Balaban J connectivity index is 2.30. The molecule has 1 atom stereocenters. The van der Waals surface area contributed by atoms with E-state index < -0.39 is 35.2 Å². The zero-order valence-corrected chi connectivity index (χ0v) is 25.6. The Morgan fingerprint density at radius 1 is 0.762 bits per heavy atom. The zero-order valence-electron chi connectivity index (χ0n) is 25.6. The molecule has 42 heavy (non-hydrogen) atoms. The van der Waals surface area contributed by atoms with Crippen molar-refractivity contribution in [2.45, 2.75) is 46.0 Å². The van der Waals surface area contributed by atoms with Crippen LogP contribution in [0.2, 0.25) is 0 Å². The summed E-state index contributed by atoms with van der Waals surface area (Å²) < 4.78 is 40.2. The first kappa shape index (κ1) is 30.7. The van der Waals surface area contributed by atoms with Crippen LogP contribution in [0.15, 0.2) is 18.2 Å². The normalized spacial score (nSPS) is 14.8. The number of fused-ring (bicyclic) bond motifs is 3. The molecule has 0 bridgehead atoms. The fraction of sp³-hybridized carbons (Fsp3) is 0.469. The van der Waals surface area contributed by atoms with Gasteiger partial charge in [0.05, 0.1) is 64.2 Å². The minimum Gasteiger partial charge on any atom is -0.496 e. The molecule has 3 aromatic rings. The second kappa shape index (κ2) is 12.0. The fourth-order valence-electron chi connectivity index (χ4n) is 5.87. The van der Waals surface area contributed by atoms with Crippen molar-refractivity contribution in [1.82, 2.24) is 0 Å². The van der Waals surface area contributed by atoms with Crippen molar-refractivity contribution in [3.05, 3.63) is 29.3 Å². The van der Waals surface area contributed by atoms with Gasteiger partial charge in [0.25, 0.3) is 0 Å². The maximum absolute atomic E-state index is 13.5. The third-order valence-electron chi connectivity index (χ3n) is 7.76. The molecule has 0 saturated carbocycles. The molecule has 0 N–H and O–H groups in total. The molecule has 0 fully saturated rings. The van der Waals surface area contributed by atoms with Crippen LogP contribution in [0.25, 0.3) is 21.5 Å². The number of methoxy groups -OCH3 is 6. The summed E-state index contributed by atoms with van der Waals surface area (Å²) in [6.07, 6.45) is 1.53. The van der Waals surface area contributed by atoms with E-state index in [-0.39, 0.29) is 5.75 Å². The summed E-state index contributed by atoms with van der Waals surface area (Å²) in [5.74, 6) is -1.96. The first-order valence-corrected chi connectivity index (χ1v) is 13.7. The molecule has 0 heterocycles. The van der Waals surface area contributed by atoms with E-state index in [9.17, 15) is 14.4 Å². The van der Waals surface area contributed by atoms with Gasteiger partial charge in [0.1, 0.15) is 28.7 Å². The number of hydrogen-bond acceptors (Lipinski definition) is 10. The monoisotopic (exact) mass is 582 g/mol. The molecule has 0 unspecified atom stereocenters. The summed E-state index contributed by atoms with van der Waals surface area (Å²) in [7, 11) is 8.57. The van der Waals surface area contributed by atoms with Gasteiger partial charge >= 0.3 is 17.9 Å². The van der Waals surface area contributed by atoms with E-state index in [4.69, 9.17) is 33.2 Å². The Kier molecular flexibility index (Phi) is 8.75. The van der Waals surface area contributed by atoms with Crippen molar-refractivity contribution in [3.63, 3.8) is 0 Å². The summed E-state index contributed by atoms with van der Waals surface area (Å²) >= 11 is 0. The molecule has 0 amide bonds. The molecule has 0 aromatic heterocycles. The molecule has 10 heteroatoms. The lowest BCUT2D eigenvalue weighted by molar-refractivity contribution is -0.160. The Morgan fingerprint density at radius 2 is 1.36 bits per heavy atom. The van der Waals surface area contributed by atoms with E-state index in [1.165, 1.54) is 35.5 Å². The molecule has 10 nitrogen and oxygen atoms in total. The van der Waals surface area contributed by atoms with Gasteiger partial charge in [0, 0.05) is 22.4 Å². The first-order valence-electron chi connectivity index (χ1n) is 13.7. The smallest absolute Gasteiger partial charge is 0.320 e. The highest BCUT2D eigenvalue weighted by molar-refractivity contribution is 6.18. The largest absolute Gasteiger partial charge is 0.496 e. The maximum atomic E-state index is 13.5. The number of carbonyl (C=O) groups excluding carboxylic acids is 3. The van der Waals surface area contributed by atoms with Crippen molar-refractivity contribution in [2.75, 3.05) is 42.7 Å². The number of carbonyl (C=O) groups is 3. The van der Waals surface area contributed by atoms with Crippen LogP contribution in [0.3, 0.4) is 0 Å². The average molecular weight is 583 g/mol. The van der Waals surface area contributed by atoms with Crippen molar-refractivity contribution in [3.8, 4) is 28.7 Å². The van der Waals surface area contributed by atoms with Gasteiger partial charge in [-0.1, -0.05) is 12.1 Å². The average Bonchev–Trinajstić information content (AvgIpc) is 2.98. The standard InChI is InChI=1S/C32H38O10/c1-32(2,3)31(35)42-26-17-13-10-12-16(22(29(33)40-8)30(34)41-9)20(17)27(38-6)24-23(26)25(37-5)18-14-11-15-19(36-4)21(18)28(24)39-7/h11,14-16,22H,10,12-13H2,1-9H3/t16-/m0/s1. The lowest BCUT2D eigenvalue weighted by Gasteiger charge is -2.34. The van der Waals surface area contributed by atoms with Gasteiger partial charge in [0.15, 0.2) is 5.92 Å². The van der Waals surface area contributed by atoms with Crippen molar-refractivity contribution < 1.29 is 47.5 Å². The molecule has 226 valence electrons. The fourth-order valence-corrected chi connectivity index (χ4v) is 5.87. The topological polar surface area (TPSA) is 116 Å². The van der Waals surface area contributed by atoms with Crippen molar-refractivity contribution in [1.29, 1.82) is 0 Å². The Labute approximate surface area is 245 Å². The summed E-state index contributed by atoms with van der Waals surface area (Å²) in [6.45, 7) is 5.29. The second-order valence-electron chi connectivity index (χ2n) is 11.1. The first-order chi connectivity index (χ1) is 20.0. The zero-order chi connectivity index (χ0) is 30.9. The molecule has 0 radical (unpaired) electrons. The van der Waals surface area contributed by atoms with Gasteiger partial charge in [-0.25, -0.2) is 0 Å². The van der Waals surface area contributed by atoms with Crippen LogP contribution in [-0.4, -0.2) is 60.6 Å². The highest BCUT2D eigenvalue weighted by Gasteiger charge is 2.44. The van der Waals surface area contributed by atoms with Gasteiger partial charge < -0.3 is 33.2 Å². The SMILES string of the molecule is COC(=O)C(C(=O)OC)[C@H]1CCCc2c1c(OC)c1c(OC)c3c(OC)cccc3c(OC)c1c2OC(=O)C(C)(C)C. The van der Waals surface area contributed by atoms with Gasteiger partial charge in [-0.05, 0) is 46.1 Å². The number of benzene rings is 3. The van der Waals surface area contributed by atoms with Crippen molar-refractivity contribution >= 4 is 39.5 Å². The highest BCUT2D eigenvalue weighted by Crippen LogP contribution is 2.58. The highest BCUT2D eigenvalue weighted by atomic mass is 16.5. The van der Waals surface area contributed by atoms with Crippen LogP contribution in [-0.2, 0) is 30.3 Å². The van der Waals surface area contributed by atoms with Gasteiger partial charge in [-0.3, -0.25) is 14.4 Å². The molecular weight excluding hydrogens is 544 g/mol. The number of ether oxygens (including phenoxy) is 7. The number of hydrogen-bond donors (Lipinski definition) is 0.